The molecule has 2 N–H and O–H groups in total. The zero-order chi connectivity index (χ0) is 26.2. The molecule has 0 aliphatic carbocycles. The first-order valence-corrected chi connectivity index (χ1v) is 16.2. The fraction of sp³-hybridized carbons (Fsp3) is 0.926. The van der Waals surface area contributed by atoms with Gasteiger partial charge in [0.1, 0.15) is 21.0 Å². The lowest BCUT2D eigenvalue weighted by Crippen LogP contribution is -2.26. The molecule has 35 heavy (non-hydrogen) atoms. The second kappa shape index (κ2) is 13.9. The topological polar surface area (TPSA) is 121 Å². The van der Waals surface area contributed by atoms with Gasteiger partial charge in [-0.2, -0.15) is 0 Å². The van der Waals surface area contributed by atoms with E-state index in [-0.39, 0.29) is 21.0 Å². The minimum atomic E-state index is -0.801. The number of rotatable bonds is 16. The van der Waals surface area contributed by atoms with Crippen LogP contribution in [0.3, 0.4) is 0 Å². The monoisotopic (exact) mass is 532 g/mol. The molecular formula is C27H48O6S2. The summed E-state index contributed by atoms with van der Waals surface area (Å²) in [5.74, 6) is -1.51. The lowest BCUT2D eigenvalue weighted by molar-refractivity contribution is -0.148. The van der Waals surface area contributed by atoms with Crippen LogP contribution in [0, 0.1) is 10.8 Å². The Hall–Kier alpha value is -0.440. The molecule has 0 radical (unpaired) electrons. The molecule has 6 nitrogen and oxygen atoms in total. The van der Waals surface area contributed by atoms with Crippen molar-refractivity contribution in [2.45, 2.75) is 145 Å². The second-order valence-corrected chi connectivity index (χ2v) is 16.1. The van der Waals surface area contributed by atoms with Gasteiger partial charge < -0.3 is 19.3 Å². The van der Waals surface area contributed by atoms with Crippen LogP contribution in [0.15, 0.2) is 0 Å². The van der Waals surface area contributed by atoms with E-state index in [2.05, 4.69) is 0 Å². The molecule has 0 saturated carbocycles. The minimum absolute atomic E-state index is 0.254. The Labute approximate surface area is 218 Å². The van der Waals surface area contributed by atoms with Gasteiger partial charge in [0.15, 0.2) is 0 Å². The Morgan fingerprint density at radius 3 is 1.20 bits per heavy atom. The van der Waals surface area contributed by atoms with Crippen molar-refractivity contribution in [3.63, 3.8) is 0 Å². The summed E-state index contributed by atoms with van der Waals surface area (Å²) in [6.45, 7) is 7.06. The molecular weight excluding hydrogens is 484 g/mol. The van der Waals surface area contributed by atoms with E-state index in [1.807, 2.05) is 0 Å². The van der Waals surface area contributed by atoms with E-state index in [9.17, 15) is 28.9 Å². The predicted octanol–water partition coefficient (Wildman–Crippen LogP) is 6.06. The van der Waals surface area contributed by atoms with Crippen molar-refractivity contribution in [1.29, 1.82) is 0 Å². The number of carbonyl (C=O) groups is 2. The molecule has 0 aromatic heterocycles. The highest BCUT2D eigenvalue weighted by Gasteiger charge is 2.40. The van der Waals surface area contributed by atoms with Gasteiger partial charge in [-0.05, 0) is 134 Å². The van der Waals surface area contributed by atoms with Gasteiger partial charge in [0, 0.05) is 0 Å². The summed E-state index contributed by atoms with van der Waals surface area (Å²) in [6, 6.07) is 0. The number of hydrogen-bond acceptors (Lipinski definition) is 4. The smallest absolute Gasteiger partial charge is 0.309 e. The third-order valence-electron chi connectivity index (χ3n) is 8.30. The number of hydrogen-bond donors (Lipinski definition) is 2. The van der Waals surface area contributed by atoms with Crippen LogP contribution in [0.25, 0.3) is 0 Å². The summed E-state index contributed by atoms with van der Waals surface area (Å²) in [7, 11) is 0. The minimum Gasteiger partial charge on any atom is -0.616 e. The van der Waals surface area contributed by atoms with E-state index in [4.69, 9.17) is 0 Å². The molecule has 0 amide bonds. The molecule has 2 heterocycles. The number of carboxylic acids is 2. The van der Waals surface area contributed by atoms with Gasteiger partial charge in [0.2, 0.25) is 0 Å². The first-order valence-electron chi connectivity index (χ1n) is 13.6. The molecule has 0 aromatic rings. The molecule has 2 saturated heterocycles. The van der Waals surface area contributed by atoms with Gasteiger partial charge in [0.05, 0.1) is 10.8 Å². The van der Waals surface area contributed by atoms with Crippen LogP contribution in [0.2, 0.25) is 0 Å². The maximum atomic E-state index is 12.9. The molecule has 0 aromatic carbocycles. The summed E-state index contributed by atoms with van der Waals surface area (Å²) in [4.78, 5) is 22.5. The van der Waals surface area contributed by atoms with Crippen molar-refractivity contribution in [3.8, 4) is 0 Å². The highest BCUT2D eigenvalue weighted by atomic mass is 32.2. The third-order valence-corrected chi connectivity index (χ3v) is 12.8. The normalized spacial score (nSPS) is 29.5. The van der Waals surface area contributed by atoms with Gasteiger partial charge in [-0.1, -0.05) is 12.8 Å². The summed E-state index contributed by atoms with van der Waals surface area (Å²) in [6.07, 6.45) is 13.7. The van der Waals surface area contributed by atoms with E-state index < -0.39 is 45.1 Å². The molecule has 0 spiro atoms. The summed E-state index contributed by atoms with van der Waals surface area (Å²) < 4.78 is 25.9. The van der Waals surface area contributed by atoms with Crippen molar-refractivity contribution in [1.82, 2.24) is 0 Å². The quantitative estimate of drug-likeness (QED) is 0.184. The molecule has 2 rings (SSSR count). The van der Waals surface area contributed by atoms with Crippen LogP contribution in [-0.4, -0.2) is 52.3 Å². The lowest BCUT2D eigenvalue weighted by Gasteiger charge is -2.22. The number of aliphatic carboxylic acids is 2. The van der Waals surface area contributed by atoms with Crippen molar-refractivity contribution in [2.75, 3.05) is 0 Å². The van der Waals surface area contributed by atoms with Gasteiger partial charge >= 0.3 is 11.9 Å². The average molecular weight is 533 g/mol. The maximum absolute atomic E-state index is 12.9. The highest BCUT2D eigenvalue weighted by Crippen LogP contribution is 2.37. The Morgan fingerprint density at radius 2 is 0.914 bits per heavy atom. The maximum Gasteiger partial charge on any atom is 0.309 e. The average Bonchev–Trinajstić information content (AvgIpc) is 3.31. The molecule has 8 heteroatoms. The van der Waals surface area contributed by atoms with Gasteiger partial charge in [-0.25, -0.2) is 0 Å². The molecule has 2 aliphatic rings. The van der Waals surface area contributed by atoms with E-state index in [0.717, 1.165) is 83.5 Å². The molecule has 6 atom stereocenters. The number of carboxylic acid groups (broad SMARTS) is 2. The standard InChI is InChI=1S/C27H48O6S2/c1-26(2,24(28)29)18-7-5-10-20-14-16-22(34(20)32)12-9-13-23-17-15-21(35(23)33)11-6-8-19-27(3,4)25(30)31/h20-23H,5-19H2,1-4H3,(H,28,29)(H,30,31). The Bertz CT molecular complexity index is 627. The molecule has 2 aliphatic heterocycles. The molecule has 6 unspecified atom stereocenters. The second-order valence-electron chi connectivity index (χ2n) is 12.1. The van der Waals surface area contributed by atoms with Gasteiger partial charge in [0.25, 0.3) is 0 Å². The third kappa shape index (κ3) is 9.42. The van der Waals surface area contributed by atoms with Crippen LogP contribution >= 0.6 is 0 Å². The van der Waals surface area contributed by atoms with Crippen molar-refractivity contribution in [2.24, 2.45) is 10.8 Å². The van der Waals surface area contributed by atoms with E-state index in [0.29, 0.717) is 12.8 Å². The van der Waals surface area contributed by atoms with E-state index in [1.54, 1.807) is 27.7 Å². The van der Waals surface area contributed by atoms with Gasteiger partial charge in [-0.3, -0.25) is 9.59 Å². The van der Waals surface area contributed by atoms with E-state index >= 15 is 0 Å². The van der Waals surface area contributed by atoms with Crippen LogP contribution in [0.1, 0.15) is 124 Å². The van der Waals surface area contributed by atoms with Crippen LogP contribution < -0.4 is 0 Å². The van der Waals surface area contributed by atoms with E-state index in [1.165, 1.54) is 0 Å². The Kier molecular flexibility index (Phi) is 12.2. The SMILES string of the molecule is CC(C)(CCCCC1CCC(CCCC2CCC(CCCCC(C)(C)C(=O)O)[S+]2[O-])[S+]1[O-])C(=O)O. The first-order chi connectivity index (χ1) is 16.3. The lowest BCUT2D eigenvalue weighted by atomic mass is 9.87. The highest BCUT2D eigenvalue weighted by molar-refractivity contribution is 7.93. The zero-order valence-corrected chi connectivity index (χ0v) is 23.9. The van der Waals surface area contributed by atoms with Crippen molar-refractivity contribution >= 4 is 34.3 Å². The van der Waals surface area contributed by atoms with Crippen LogP contribution in [0.4, 0.5) is 0 Å². The van der Waals surface area contributed by atoms with Gasteiger partial charge in [-0.15, -0.1) is 0 Å². The zero-order valence-electron chi connectivity index (χ0n) is 22.3. The summed E-state index contributed by atoms with van der Waals surface area (Å²) >= 11 is -1.60. The molecule has 204 valence electrons. The fourth-order valence-corrected chi connectivity index (χ4v) is 9.62. The Balaban J connectivity index is 1.60. The molecule has 0 bridgehead atoms. The summed E-state index contributed by atoms with van der Waals surface area (Å²) in [5, 5.41) is 19.5. The van der Waals surface area contributed by atoms with Crippen molar-refractivity contribution in [3.05, 3.63) is 0 Å². The number of unbranched alkanes of at least 4 members (excludes halogenated alkanes) is 2. The Morgan fingerprint density at radius 1 is 0.629 bits per heavy atom. The summed E-state index contributed by atoms with van der Waals surface area (Å²) in [5.41, 5.74) is -1.37. The molecule has 2 fully saturated rings. The largest absolute Gasteiger partial charge is 0.616 e. The fourth-order valence-electron chi connectivity index (χ4n) is 5.46. The van der Waals surface area contributed by atoms with Crippen molar-refractivity contribution < 1.29 is 28.9 Å². The predicted molar refractivity (Wildman–Crippen MR) is 144 cm³/mol. The van der Waals surface area contributed by atoms with Crippen LogP contribution in [-0.2, 0) is 31.9 Å². The first kappa shape index (κ1) is 30.8. The van der Waals surface area contributed by atoms with Crippen LogP contribution in [0.5, 0.6) is 0 Å².